The topological polar surface area (TPSA) is 6.25 Å². The van der Waals surface area contributed by atoms with E-state index < -0.39 is 0 Å². The van der Waals surface area contributed by atoms with Crippen molar-refractivity contribution in [2.24, 2.45) is 0 Å². The molecule has 0 N–H and O–H groups in total. The molecule has 2 heterocycles. The van der Waals surface area contributed by atoms with Crippen molar-refractivity contribution in [3.05, 3.63) is 12.3 Å². The monoisotopic (exact) mass is 207 g/mol. The minimum atomic E-state index is 1.25. The lowest BCUT2D eigenvalue weighted by atomic mass is 10.1. The Morgan fingerprint density at radius 2 is 1.47 bits per heavy atom. The second kappa shape index (κ2) is 5.94. The molecule has 2 heteroatoms. The van der Waals surface area contributed by atoms with Crippen molar-refractivity contribution in [1.29, 1.82) is 0 Å². The summed E-state index contributed by atoms with van der Waals surface area (Å²) in [6.45, 7) is 5.02. The third kappa shape index (κ3) is 3.69. The summed E-state index contributed by atoms with van der Waals surface area (Å²) < 4.78 is 2.45. The molecule has 0 atom stereocenters. The SMILES string of the molecule is C(/C=C/N1CCCCC1)=[N+]1CCCCC1. The van der Waals surface area contributed by atoms with Crippen LogP contribution in [0.15, 0.2) is 12.3 Å². The van der Waals surface area contributed by atoms with E-state index in [4.69, 9.17) is 0 Å². The molecule has 2 rings (SSSR count). The minimum absolute atomic E-state index is 1.25. The lowest BCUT2D eigenvalue weighted by molar-refractivity contribution is -0.532. The summed E-state index contributed by atoms with van der Waals surface area (Å²) >= 11 is 0. The van der Waals surface area contributed by atoms with Crippen molar-refractivity contribution in [2.75, 3.05) is 26.2 Å². The molecule has 2 nitrogen and oxygen atoms in total. The van der Waals surface area contributed by atoms with E-state index in [1.54, 1.807) is 0 Å². The van der Waals surface area contributed by atoms with Crippen molar-refractivity contribution >= 4 is 6.21 Å². The number of piperidine rings is 2. The lowest BCUT2D eigenvalue weighted by Crippen LogP contribution is -2.24. The van der Waals surface area contributed by atoms with Gasteiger partial charge in [0, 0.05) is 38.2 Å². The molecule has 0 amide bonds. The quantitative estimate of drug-likeness (QED) is 0.630. The molecule has 2 aliphatic rings. The van der Waals surface area contributed by atoms with E-state index in [1.807, 2.05) is 0 Å². The van der Waals surface area contributed by atoms with Gasteiger partial charge >= 0.3 is 0 Å². The second-order valence-electron chi connectivity index (χ2n) is 4.68. The molecule has 0 unspecified atom stereocenters. The molecule has 84 valence electrons. The highest BCUT2D eigenvalue weighted by atomic mass is 15.1. The third-order valence-electron chi connectivity index (χ3n) is 3.38. The van der Waals surface area contributed by atoms with Crippen molar-refractivity contribution in [2.45, 2.75) is 38.5 Å². The predicted molar refractivity (Wildman–Crippen MR) is 64.5 cm³/mol. The van der Waals surface area contributed by atoms with Crippen molar-refractivity contribution in [3.63, 3.8) is 0 Å². The predicted octanol–water partition coefficient (Wildman–Crippen LogP) is 2.25. The van der Waals surface area contributed by atoms with Gasteiger partial charge in [-0.25, -0.2) is 4.58 Å². The summed E-state index contributed by atoms with van der Waals surface area (Å²) in [5.41, 5.74) is 0. The maximum absolute atomic E-state index is 2.45. The average Bonchev–Trinajstić information content (AvgIpc) is 2.32. The second-order valence-corrected chi connectivity index (χ2v) is 4.68. The molecule has 0 spiro atoms. The average molecular weight is 207 g/mol. The largest absolute Gasteiger partial charge is 0.377 e. The Balaban J connectivity index is 1.77. The zero-order valence-corrected chi connectivity index (χ0v) is 9.70. The highest BCUT2D eigenvalue weighted by Gasteiger charge is 2.09. The van der Waals surface area contributed by atoms with Crippen LogP contribution in [0.1, 0.15) is 38.5 Å². The van der Waals surface area contributed by atoms with E-state index in [0.717, 1.165) is 0 Å². The van der Waals surface area contributed by atoms with Gasteiger partial charge in [-0.3, -0.25) is 0 Å². The highest BCUT2D eigenvalue weighted by Crippen LogP contribution is 2.08. The van der Waals surface area contributed by atoms with Crippen LogP contribution in [0.4, 0.5) is 0 Å². The summed E-state index contributed by atoms with van der Waals surface area (Å²) in [5, 5.41) is 0. The molecule has 0 radical (unpaired) electrons. The summed E-state index contributed by atoms with van der Waals surface area (Å²) in [5.74, 6) is 0. The highest BCUT2D eigenvalue weighted by molar-refractivity contribution is 5.65. The number of rotatable bonds is 2. The zero-order valence-electron chi connectivity index (χ0n) is 9.70. The summed E-state index contributed by atoms with van der Waals surface area (Å²) in [4.78, 5) is 2.45. The molecule has 0 bridgehead atoms. The van der Waals surface area contributed by atoms with Crippen molar-refractivity contribution < 1.29 is 4.58 Å². The molecule has 15 heavy (non-hydrogen) atoms. The molecule has 0 aromatic carbocycles. The Morgan fingerprint density at radius 3 is 2.20 bits per heavy atom. The Kier molecular flexibility index (Phi) is 4.24. The first kappa shape index (κ1) is 10.7. The fraction of sp³-hybridized carbons (Fsp3) is 0.769. The Hall–Kier alpha value is -0.790. The molecule has 0 aromatic heterocycles. The number of hydrogen-bond acceptors (Lipinski definition) is 1. The molecule has 2 fully saturated rings. The van der Waals surface area contributed by atoms with E-state index in [9.17, 15) is 0 Å². The smallest absolute Gasteiger partial charge is 0.164 e. The van der Waals surface area contributed by atoms with Crippen molar-refractivity contribution in [3.8, 4) is 0 Å². The van der Waals surface area contributed by atoms with Crippen LogP contribution < -0.4 is 0 Å². The lowest BCUT2D eigenvalue weighted by Gasteiger charge is -2.24. The van der Waals surface area contributed by atoms with Crippen LogP contribution in [-0.2, 0) is 0 Å². The molecule has 0 saturated carbocycles. The van der Waals surface area contributed by atoms with Crippen LogP contribution in [-0.4, -0.2) is 41.9 Å². The van der Waals surface area contributed by atoms with Gasteiger partial charge in [0.1, 0.15) is 13.1 Å². The third-order valence-corrected chi connectivity index (χ3v) is 3.38. The number of hydrogen-bond donors (Lipinski definition) is 0. The summed E-state index contributed by atoms with van der Waals surface area (Å²) in [7, 11) is 0. The van der Waals surface area contributed by atoms with Crippen LogP contribution >= 0.6 is 0 Å². The van der Waals surface area contributed by atoms with Gasteiger partial charge in [-0.15, -0.1) is 0 Å². The van der Waals surface area contributed by atoms with Gasteiger partial charge in [0.05, 0.1) is 0 Å². The van der Waals surface area contributed by atoms with E-state index in [1.165, 1.54) is 64.7 Å². The van der Waals surface area contributed by atoms with Crippen LogP contribution in [0, 0.1) is 0 Å². The molecule has 0 aliphatic carbocycles. The fourth-order valence-electron chi connectivity index (χ4n) is 2.42. The molecular formula is C13H23N2+. The number of likely N-dealkylation sites (tertiary alicyclic amines) is 1. The fourth-order valence-corrected chi connectivity index (χ4v) is 2.42. The zero-order chi connectivity index (χ0) is 10.3. The molecule has 2 saturated heterocycles. The van der Waals surface area contributed by atoms with Crippen LogP contribution in [0.5, 0.6) is 0 Å². The van der Waals surface area contributed by atoms with E-state index >= 15 is 0 Å². The maximum Gasteiger partial charge on any atom is 0.164 e. The van der Waals surface area contributed by atoms with Gasteiger partial charge < -0.3 is 4.90 Å². The maximum atomic E-state index is 2.45. The normalized spacial score (nSPS) is 23.5. The van der Waals surface area contributed by atoms with Gasteiger partial charge in [-0.1, -0.05) is 0 Å². The van der Waals surface area contributed by atoms with Crippen LogP contribution in [0.2, 0.25) is 0 Å². The van der Waals surface area contributed by atoms with E-state index in [2.05, 4.69) is 28.0 Å². The Morgan fingerprint density at radius 1 is 0.800 bits per heavy atom. The molecule has 2 aliphatic heterocycles. The standard InChI is InChI=1S/C13H23N2/c1-3-8-14(9-4-1)12-7-13-15-10-5-2-6-11-15/h7,12-13H,1-6,8-11H2/q+1. The van der Waals surface area contributed by atoms with Gasteiger partial charge in [0.2, 0.25) is 0 Å². The number of allylic oxidation sites excluding steroid dienone is 1. The van der Waals surface area contributed by atoms with Crippen LogP contribution in [0.25, 0.3) is 0 Å². The first-order valence-corrected chi connectivity index (χ1v) is 6.45. The molecular weight excluding hydrogens is 184 g/mol. The Bertz CT molecular complexity index is 229. The van der Waals surface area contributed by atoms with Gasteiger partial charge in [-0.05, 0) is 25.7 Å². The number of nitrogens with zero attached hydrogens (tertiary/aromatic N) is 2. The van der Waals surface area contributed by atoms with Gasteiger partial charge in [0.25, 0.3) is 0 Å². The van der Waals surface area contributed by atoms with Crippen molar-refractivity contribution in [1.82, 2.24) is 4.90 Å². The van der Waals surface area contributed by atoms with Crippen LogP contribution in [0.3, 0.4) is 0 Å². The Labute approximate surface area is 93.3 Å². The summed E-state index contributed by atoms with van der Waals surface area (Å²) in [6, 6.07) is 0. The van der Waals surface area contributed by atoms with Gasteiger partial charge in [0.15, 0.2) is 6.21 Å². The summed E-state index contributed by atoms with van der Waals surface area (Å²) in [6.07, 6.45) is 15.1. The first-order chi connectivity index (χ1) is 7.45. The first-order valence-electron chi connectivity index (χ1n) is 6.45. The van der Waals surface area contributed by atoms with E-state index in [-0.39, 0.29) is 0 Å². The minimum Gasteiger partial charge on any atom is -0.377 e. The van der Waals surface area contributed by atoms with Gasteiger partial charge in [-0.2, -0.15) is 0 Å². The van der Waals surface area contributed by atoms with E-state index in [0.29, 0.717) is 0 Å². The molecule has 0 aromatic rings.